The zero-order chi connectivity index (χ0) is 17.8. The molecule has 0 radical (unpaired) electrons. The lowest BCUT2D eigenvalue weighted by atomic mass is 10.2. The number of likely N-dealkylation sites (N-methyl/N-ethyl adjacent to an activating group) is 1. The third-order valence-electron chi connectivity index (χ3n) is 3.02. The van der Waals surface area contributed by atoms with E-state index in [1.54, 1.807) is 27.7 Å². The fourth-order valence-electron chi connectivity index (χ4n) is 1.86. The number of nitrogens with zero attached hydrogens (tertiary/aromatic N) is 2. The van der Waals surface area contributed by atoms with Crippen molar-refractivity contribution in [3.8, 4) is 0 Å². The Hall–Kier alpha value is -2.15. The fraction of sp³-hybridized carbons (Fsp3) is 0.500. The molecule has 1 aromatic rings. The van der Waals surface area contributed by atoms with E-state index in [1.165, 1.54) is 43.3 Å². The van der Waals surface area contributed by atoms with E-state index in [2.05, 4.69) is 0 Å². The molecule has 0 aromatic heterocycles. The Morgan fingerprint density at radius 3 is 2.13 bits per heavy atom. The van der Waals surface area contributed by atoms with Crippen LogP contribution in [0.4, 0.5) is 14.9 Å². The summed E-state index contributed by atoms with van der Waals surface area (Å²) in [5.74, 6) is -0.881. The molecule has 0 heterocycles. The molecule has 6 nitrogen and oxygen atoms in total. The first-order chi connectivity index (χ1) is 10.6. The van der Waals surface area contributed by atoms with Gasteiger partial charge in [-0.05, 0) is 52.0 Å². The van der Waals surface area contributed by atoms with E-state index >= 15 is 0 Å². The Balaban J connectivity index is 3.17. The van der Waals surface area contributed by atoms with E-state index in [0.717, 1.165) is 5.06 Å². The van der Waals surface area contributed by atoms with Crippen LogP contribution in [0.3, 0.4) is 0 Å². The van der Waals surface area contributed by atoms with Gasteiger partial charge in [0.25, 0.3) is 5.91 Å². The minimum absolute atomic E-state index is 0.353. The summed E-state index contributed by atoms with van der Waals surface area (Å²) < 4.78 is 18.5. The molecule has 0 saturated heterocycles. The number of carbonyl (C=O) groups is 2. The van der Waals surface area contributed by atoms with Crippen LogP contribution in [-0.2, 0) is 14.4 Å². The van der Waals surface area contributed by atoms with Gasteiger partial charge in [0.15, 0.2) is 0 Å². The molecule has 0 bridgehead atoms. The number of halogens is 1. The molecule has 23 heavy (non-hydrogen) atoms. The largest absolute Gasteiger partial charge is 0.443 e. The fourth-order valence-corrected chi connectivity index (χ4v) is 1.86. The second-order valence-electron chi connectivity index (χ2n) is 6.02. The van der Waals surface area contributed by atoms with Crippen molar-refractivity contribution in [2.75, 3.05) is 19.1 Å². The molecule has 0 aliphatic rings. The van der Waals surface area contributed by atoms with Crippen molar-refractivity contribution in [3.63, 3.8) is 0 Å². The first kappa shape index (κ1) is 18.9. The maximum atomic E-state index is 13.1. The van der Waals surface area contributed by atoms with Crippen LogP contribution in [0.1, 0.15) is 27.7 Å². The highest BCUT2D eigenvalue weighted by Gasteiger charge is 2.33. The minimum atomic E-state index is -0.889. The summed E-state index contributed by atoms with van der Waals surface area (Å²) in [4.78, 5) is 30.8. The highest BCUT2D eigenvalue weighted by Crippen LogP contribution is 2.22. The summed E-state index contributed by atoms with van der Waals surface area (Å²) in [6.45, 7) is 6.72. The van der Waals surface area contributed by atoms with Gasteiger partial charge >= 0.3 is 6.09 Å². The first-order valence-corrected chi connectivity index (χ1v) is 7.16. The second kappa shape index (κ2) is 7.41. The van der Waals surface area contributed by atoms with Crippen molar-refractivity contribution in [1.29, 1.82) is 0 Å². The van der Waals surface area contributed by atoms with Gasteiger partial charge in [-0.3, -0.25) is 14.5 Å². The van der Waals surface area contributed by atoms with Crippen molar-refractivity contribution >= 4 is 17.7 Å². The zero-order valence-corrected chi connectivity index (χ0v) is 14.3. The van der Waals surface area contributed by atoms with Gasteiger partial charge in [-0.25, -0.2) is 14.2 Å². The van der Waals surface area contributed by atoms with Gasteiger partial charge in [-0.15, -0.1) is 0 Å². The number of hydroxylamine groups is 2. The van der Waals surface area contributed by atoms with Crippen LogP contribution < -0.4 is 4.90 Å². The molecule has 128 valence electrons. The van der Waals surface area contributed by atoms with Crippen LogP contribution in [-0.4, -0.2) is 42.9 Å². The van der Waals surface area contributed by atoms with Gasteiger partial charge in [0.05, 0.1) is 7.11 Å². The maximum absolute atomic E-state index is 13.1. The molecule has 1 atom stereocenters. The Morgan fingerprint density at radius 2 is 1.70 bits per heavy atom. The van der Waals surface area contributed by atoms with E-state index < -0.39 is 29.5 Å². The molecule has 0 fully saturated rings. The molecule has 2 amide bonds. The van der Waals surface area contributed by atoms with E-state index in [1.807, 2.05) is 0 Å². The maximum Gasteiger partial charge on any atom is 0.415 e. The average molecular weight is 326 g/mol. The summed E-state index contributed by atoms with van der Waals surface area (Å²) in [6, 6.07) is 4.36. The van der Waals surface area contributed by atoms with Gasteiger partial charge in [-0.2, -0.15) is 0 Å². The van der Waals surface area contributed by atoms with Gasteiger partial charge in [0.1, 0.15) is 17.5 Å². The molecular formula is C16H23FN2O4. The Kier molecular flexibility index (Phi) is 6.09. The number of ether oxygens (including phenoxy) is 1. The number of rotatable bonds is 4. The summed E-state index contributed by atoms with van der Waals surface area (Å²) >= 11 is 0. The highest BCUT2D eigenvalue weighted by atomic mass is 19.1. The SMILES string of the molecule is CON(C)C(=O)C(C)N(C(=O)OC(C)(C)C)c1ccc(F)cc1. The molecule has 0 N–H and O–H groups in total. The van der Waals surface area contributed by atoms with Crippen molar-refractivity contribution in [2.24, 2.45) is 0 Å². The Bertz CT molecular complexity index is 554. The molecule has 1 aromatic carbocycles. The molecule has 7 heteroatoms. The predicted molar refractivity (Wildman–Crippen MR) is 84.4 cm³/mol. The monoisotopic (exact) mass is 326 g/mol. The van der Waals surface area contributed by atoms with Crippen LogP contribution >= 0.6 is 0 Å². The smallest absolute Gasteiger partial charge is 0.415 e. The van der Waals surface area contributed by atoms with Gasteiger partial charge in [0.2, 0.25) is 0 Å². The third kappa shape index (κ3) is 5.21. The van der Waals surface area contributed by atoms with Gasteiger partial charge in [0, 0.05) is 12.7 Å². The zero-order valence-electron chi connectivity index (χ0n) is 14.3. The molecule has 0 spiro atoms. The van der Waals surface area contributed by atoms with Gasteiger partial charge in [-0.1, -0.05) is 0 Å². The quantitative estimate of drug-likeness (QED) is 0.798. The Morgan fingerprint density at radius 1 is 1.17 bits per heavy atom. The molecule has 0 saturated carbocycles. The minimum Gasteiger partial charge on any atom is -0.443 e. The topological polar surface area (TPSA) is 59.1 Å². The third-order valence-corrected chi connectivity index (χ3v) is 3.02. The van der Waals surface area contributed by atoms with Crippen molar-refractivity contribution in [2.45, 2.75) is 39.3 Å². The first-order valence-electron chi connectivity index (χ1n) is 7.16. The van der Waals surface area contributed by atoms with Crippen LogP contribution in [0.2, 0.25) is 0 Å². The van der Waals surface area contributed by atoms with E-state index in [-0.39, 0.29) is 0 Å². The summed E-state index contributed by atoms with van der Waals surface area (Å²) in [5, 5.41) is 1.02. The average Bonchev–Trinajstić information content (AvgIpc) is 2.45. The van der Waals surface area contributed by atoms with E-state index in [0.29, 0.717) is 5.69 Å². The Labute approximate surface area is 135 Å². The highest BCUT2D eigenvalue weighted by molar-refractivity contribution is 5.97. The number of benzene rings is 1. The number of anilines is 1. The lowest BCUT2D eigenvalue weighted by Gasteiger charge is -2.32. The standard InChI is InChI=1S/C16H23FN2O4/c1-11(14(20)18(5)22-6)19(15(21)23-16(2,3)4)13-9-7-12(17)8-10-13/h7-11H,1-6H3. The van der Waals surface area contributed by atoms with Crippen LogP contribution in [0.25, 0.3) is 0 Å². The molecule has 0 aliphatic carbocycles. The van der Waals surface area contributed by atoms with Crippen molar-refractivity contribution in [3.05, 3.63) is 30.1 Å². The molecule has 0 aliphatic heterocycles. The van der Waals surface area contributed by atoms with Crippen LogP contribution in [0.15, 0.2) is 24.3 Å². The normalized spacial score (nSPS) is 12.5. The molecule has 1 rings (SSSR count). The number of hydrogen-bond acceptors (Lipinski definition) is 4. The lowest BCUT2D eigenvalue weighted by Crippen LogP contribution is -2.50. The summed E-state index contributed by atoms with van der Waals surface area (Å²) in [7, 11) is 2.79. The van der Waals surface area contributed by atoms with Crippen molar-refractivity contribution < 1.29 is 23.6 Å². The molecule has 1 unspecified atom stereocenters. The van der Waals surface area contributed by atoms with Crippen molar-refractivity contribution in [1.82, 2.24) is 5.06 Å². The number of amides is 2. The second-order valence-corrected chi connectivity index (χ2v) is 6.02. The predicted octanol–water partition coefficient (Wildman–Crippen LogP) is 2.98. The molecular weight excluding hydrogens is 303 g/mol. The number of hydrogen-bond donors (Lipinski definition) is 0. The van der Waals surface area contributed by atoms with Gasteiger partial charge < -0.3 is 4.74 Å². The summed E-state index contributed by atoms with van der Waals surface area (Å²) in [5.41, 5.74) is -0.378. The van der Waals surface area contributed by atoms with Crippen LogP contribution in [0.5, 0.6) is 0 Å². The number of carbonyl (C=O) groups excluding carboxylic acids is 2. The lowest BCUT2D eigenvalue weighted by molar-refractivity contribution is -0.169. The van der Waals surface area contributed by atoms with E-state index in [9.17, 15) is 14.0 Å². The van der Waals surface area contributed by atoms with Crippen LogP contribution in [0, 0.1) is 5.82 Å². The summed E-state index contributed by atoms with van der Waals surface area (Å²) in [6.07, 6.45) is -0.700. The van der Waals surface area contributed by atoms with E-state index in [4.69, 9.17) is 9.57 Å².